The molecule has 0 bridgehead atoms. The lowest BCUT2D eigenvalue weighted by molar-refractivity contribution is 0.0955. The van der Waals surface area contributed by atoms with Crippen LogP contribution in [0.25, 0.3) is 0 Å². The van der Waals surface area contributed by atoms with Crippen molar-refractivity contribution in [1.29, 1.82) is 0 Å². The van der Waals surface area contributed by atoms with E-state index in [0.29, 0.717) is 12.0 Å². The van der Waals surface area contributed by atoms with Crippen molar-refractivity contribution >= 4 is 11.6 Å². The zero-order valence-corrected chi connectivity index (χ0v) is 13.6. The molecule has 2 aliphatic rings. The molecule has 20 heavy (non-hydrogen) atoms. The van der Waals surface area contributed by atoms with Crippen molar-refractivity contribution in [1.82, 2.24) is 4.90 Å². The van der Waals surface area contributed by atoms with Crippen molar-refractivity contribution in [2.24, 2.45) is 0 Å². The molecular formula is C17H24ClNO. The summed E-state index contributed by atoms with van der Waals surface area (Å²) in [4.78, 5) is 2.60. The van der Waals surface area contributed by atoms with Crippen molar-refractivity contribution in [2.75, 3.05) is 6.61 Å². The van der Waals surface area contributed by atoms with Gasteiger partial charge in [0.25, 0.3) is 0 Å². The number of hydrogen-bond donors (Lipinski definition) is 0. The van der Waals surface area contributed by atoms with Gasteiger partial charge in [0.1, 0.15) is 12.4 Å². The lowest BCUT2D eigenvalue weighted by atomic mass is 9.99. The molecular weight excluding hydrogens is 270 g/mol. The van der Waals surface area contributed by atoms with Crippen LogP contribution in [0.3, 0.4) is 0 Å². The zero-order chi connectivity index (χ0) is 14.5. The van der Waals surface area contributed by atoms with E-state index < -0.39 is 0 Å². The van der Waals surface area contributed by atoms with Gasteiger partial charge >= 0.3 is 0 Å². The van der Waals surface area contributed by atoms with Crippen LogP contribution in [0, 0.1) is 0 Å². The third kappa shape index (κ3) is 2.33. The Balaban J connectivity index is 2.01. The van der Waals surface area contributed by atoms with Gasteiger partial charge in [0, 0.05) is 18.2 Å². The summed E-state index contributed by atoms with van der Waals surface area (Å²) in [5.74, 6) is 1.40. The summed E-state index contributed by atoms with van der Waals surface area (Å²) in [5.41, 5.74) is 2.81. The fourth-order valence-corrected chi connectivity index (χ4v) is 3.53. The first-order valence-electron chi connectivity index (χ1n) is 7.65. The molecule has 2 nitrogen and oxygen atoms in total. The molecule has 1 aromatic rings. The quantitative estimate of drug-likeness (QED) is 0.790. The molecule has 0 atom stereocenters. The summed E-state index contributed by atoms with van der Waals surface area (Å²) >= 11 is 6.46. The minimum atomic E-state index is 0.258. The van der Waals surface area contributed by atoms with Gasteiger partial charge in [-0.25, -0.2) is 0 Å². The fourth-order valence-electron chi connectivity index (χ4n) is 3.23. The van der Waals surface area contributed by atoms with Crippen LogP contribution in [0.1, 0.15) is 57.6 Å². The molecule has 1 heterocycles. The number of benzene rings is 1. The Kier molecular flexibility index (Phi) is 3.50. The van der Waals surface area contributed by atoms with Crippen molar-refractivity contribution in [3.05, 3.63) is 28.3 Å². The molecule has 0 unspecified atom stereocenters. The van der Waals surface area contributed by atoms with Crippen LogP contribution in [0.5, 0.6) is 5.75 Å². The SMILES string of the molecule is CC(C)c1cc(Cl)c2c(c1)CN(C(C)C)C1(CC1)CO2. The summed E-state index contributed by atoms with van der Waals surface area (Å²) in [6.45, 7) is 10.7. The summed E-state index contributed by atoms with van der Waals surface area (Å²) < 4.78 is 6.10. The Morgan fingerprint density at radius 2 is 1.90 bits per heavy atom. The van der Waals surface area contributed by atoms with Gasteiger partial charge in [0.15, 0.2) is 0 Å². The monoisotopic (exact) mass is 293 g/mol. The fraction of sp³-hybridized carbons (Fsp3) is 0.647. The Morgan fingerprint density at radius 1 is 1.20 bits per heavy atom. The molecule has 0 amide bonds. The van der Waals surface area contributed by atoms with Gasteiger partial charge < -0.3 is 4.74 Å². The topological polar surface area (TPSA) is 12.5 Å². The number of fused-ring (bicyclic) bond motifs is 1. The van der Waals surface area contributed by atoms with E-state index in [9.17, 15) is 0 Å². The highest BCUT2D eigenvalue weighted by Crippen LogP contribution is 2.48. The van der Waals surface area contributed by atoms with Crippen molar-refractivity contribution < 1.29 is 4.74 Å². The number of hydrogen-bond acceptors (Lipinski definition) is 2. The second kappa shape index (κ2) is 4.92. The van der Waals surface area contributed by atoms with E-state index >= 15 is 0 Å². The molecule has 1 saturated carbocycles. The molecule has 0 radical (unpaired) electrons. The van der Waals surface area contributed by atoms with Crippen molar-refractivity contribution in [3.8, 4) is 5.75 Å². The maximum Gasteiger partial charge on any atom is 0.142 e. The van der Waals surface area contributed by atoms with Crippen LogP contribution in [0.15, 0.2) is 12.1 Å². The number of halogens is 1. The van der Waals surface area contributed by atoms with Crippen LogP contribution in [0.4, 0.5) is 0 Å². The highest BCUT2D eigenvalue weighted by molar-refractivity contribution is 6.32. The lowest BCUT2D eigenvalue weighted by Gasteiger charge is -2.32. The average molecular weight is 294 g/mol. The van der Waals surface area contributed by atoms with Crippen LogP contribution in [0.2, 0.25) is 5.02 Å². The molecule has 0 N–H and O–H groups in total. The maximum atomic E-state index is 6.46. The first-order chi connectivity index (χ1) is 9.43. The summed E-state index contributed by atoms with van der Waals surface area (Å²) in [6.07, 6.45) is 2.49. The number of rotatable bonds is 2. The second-order valence-electron chi connectivity index (χ2n) is 6.88. The Bertz CT molecular complexity index is 520. The predicted octanol–water partition coefficient (Wildman–Crippen LogP) is 4.60. The van der Waals surface area contributed by atoms with Gasteiger partial charge in [-0.3, -0.25) is 4.90 Å². The van der Waals surface area contributed by atoms with E-state index in [1.165, 1.54) is 24.0 Å². The highest BCUT2D eigenvalue weighted by atomic mass is 35.5. The molecule has 110 valence electrons. The molecule has 3 rings (SSSR count). The smallest absolute Gasteiger partial charge is 0.142 e. The van der Waals surface area contributed by atoms with Crippen LogP contribution in [-0.2, 0) is 6.54 Å². The Labute approximate surface area is 127 Å². The van der Waals surface area contributed by atoms with Crippen molar-refractivity contribution in [3.63, 3.8) is 0 Å². The lowest BCUT2D eigenvalue weighted by Crippen LogP contribution is -2.43. The van der Waals surface area contributed by atoms with Crippen molar-refractivity contribution in [2.45, 2.75) is 64.6 Å². The normalized spacial score (nSPS) is 20.9. The third-order valence-corrected chi connectivity index (χ3v) is 4.98. The van der Waals surface area contributed by atoms with E-state index in [4.69, 9.17) is 16.3 Å². The first kappa shape index (κ1) is 14.2. The Hall–Kier alpha value is -0.730. The number of ether oxygens (including phenoxy) is 1. The molecule has 1 fully saturated rings. The predicted molar refractivity (Wildman–Crippen MR) is 83.7 cm³/mol. The Morgan fingerprint density at radius 3 is 2.45 bits per heavy atom. The molecule has 3 heteroatoms. The van der Waals surface area contributed by atoms with Gasteiger partial charge in [-0.15, -0.1) is 0 Å². The first-order valence-corrected chi connectivity index (χ1v) is 8.02. The van der Waals surface area contributed by atoms with E-state index in [0.717, 1.165) is 23.9 Å². The van der Waals surface area contributed by atoms with Gasteiger partial charge in [-0.2, -0.15) is 0 Å². The summed E-state index contributed by atoms with van der Waals surface area (Å²) in [5, 5.41) is 0.771. The second-order valence-corrected chi connectivity index (χ2v) is 7.29. The molecule has 1 aromatic carbocycles. The van der Waals surface area contributed by atoms with Gasteiger partial charge in [0.2, 0.25) is 0 Å². The largest absolute Gasteiger partial charge is 0.490 e. The van der Waals surface area contributed by atoms with Crippen LogP contribution >= 0.6 is 11.6 Å². The van der Waals surface area contributed by atoms with Gasteiger partial charge in [0.05, 0.1) is 10.6 Å². The minimum absolute atomic E-state index is 0.258. The maximum absolute atomic E-state index is 6.46. The minimum Gasteiger partial charge on any atom is -0.490 e. The number of nitrogens with zero attached hydrogens (tertiary/aromatic N) is 1. The molecule has 1 aliphatic carbocycles. The summed E-state index contributed by atoms with van der Waals surface area (Å²) in [6, 6.07) is 4.88. The van der Waals surface area contributed by atoms with E-state index in [1.54, 1.807) is 0 Å². The van der Waals surface area contributed by atoms with Crippen LogP contribution < -0.4 is 4.74 Å². The van der Waals surface area contributed by atoms with E-state index in [2.05, 4.69) is 44.7 Å². The zero-order valence-electron chi connectivity index (χ0n) is 12.9. The van der Waals surface area contributed by atoms with Crippen LogP contribution in [-0.4, -0.2) is 23.1 Å². The molecule has 0 aromatic heterocycles. The molecule has 0 saturated heterocycles. The van der Waals surface area contributed by atoms with Gasteiger partial charge in [-0.1, -0.05) is 31.5 Å². The average Bonchev–Trinajstić information content (AvgIpc) is 3.16. The third-order valence-electron chi connectivity index (χ3n) is 4.70. The van der Waals surface area contributed by atoms with E-state index in [-0.39, 0.29) is 5.54 Å². The highest BCUT2D eigenvalue weighted by Gasteiger charge is 2.51. The molecule has 1 spiro atoms. The van der Waals surface area contributed by atoms with Gasteiger partial charge in [-0.05, 0) is 44.2 Å². The summed E-state index contributed by atoms with van der Waals surface area (Å²) in [7, 11) is 0. The van der Waals surface area contributed by atoms with E-state index in [1.807, 2.05) is 0 Å². The standard InChI is InChI=1S/C17H24ClNO/c1-11(2)13-7-14-9-19(12(3)4)17(5-6-17)10-20-16(14)15(18)8-13/h7-8,11-12H,5-6,9-10H2,1-4H3. The molecule has 1 aliphatic heterocycles.